The number of hydrogen-bond acceptors (Lipinski definition) is 9. The van der Waals surface area contributed by atoms with E-state index in [1.807, 2.05) is 47.6 Å². The number of alkyl halides is 2. The van der Waals surface area contributed by atoms with E-state index in [4.69, 9.17) is 15.2 Å². The third-order valence-electron chi connectivity index (χ3n) is 9.38. The minimum absolute atomic E-state index is 0.0583. The maximum atomic E-state index is 14.5. The lowest BCUT2D eigenvalue weighted by Gasteiger charge is -2.49. The van der Waals surface area contributed by atoms with E-state index in [0.717, 1.165) is 43.0 Å². The molecule has 1 aromatic rings. The van der Waals surface area contributed by atoms with Crippen molar-refractivity contribution in [3.8, 4) is 0 Å². The molecule has 0 saturated carbocycles. The van der Waals surface area contributed by atoms with E-state index >= 15 is 0 Å². The number of ether oxygens (including phenoxy) is 2. The molecule has 0 bridgehead atoms. The van der Waals surface area contributed by atoms with Crippen LogP contribution in [0, 0.1) is 0 Å². The van der Waals surface area contributed by atoms with Gasteiger partial charge >= 0.3 is 0 Å². The van der Waals surface area contributed by atoms with Gasteiger partial charge in [-0.15, -0.1) is 0 Å². The zero-order valence-corrected chi connectivity index (χ0v) is 29.8. The Morgan fingerprint density at radius 3 is 2.45 bits per heavy atom. The highest BCUT2D eigenvalue weighted by molar-refractivity contribution is 5.87. The van der Waals surface area contributed by atoms with Gasteiger partial charge in [0, 0.05) is 88.5 Å². The largest absolute Gasteiger partial charge is 0.383 e. The number of pyridine rings is 1. The van der Waals surface area contributed by atoms with Crippen LogP contribution in [-0.2, 0) is 20.7 Å². The summed E-state index contributed by atoms with van der Waals surface area (Å²) in [5, 5.41) is 3.57. The first-order valence-corrected chi connectivity index (χ1v) is 17.5. The molecule has 0 aliphatic carbocycles. The molecule has 1 atom stereocenters. The second kappa shape index (κ2) is 18.1. The number of amides is 1. The van der Waals surface area contributed by atoms with E-state index in [-0.39, 0.29) is 23.7 Å². The molecule has 1 amide bonds. The van der Waals surface area contributed by atoms with Crippen molar-refractivity contribution >= 4 is 17.4 Å². The monoisotopic (exact) mass is 663 g/mol. The Hall–Kier alpha value is -2.80. The summed E-state index contributed by atoms with van der Waals surface area (Å²) in [6.07, 6.45) is 1.29. The van der Waals surface area contributed by atoms with Crippen LogP contribution in [0.15, 0.2) is 30.0 Å². The number of nitrogens with zero attached hydrogens (tertiary/aromatic N) is 5. The molecule has 1 aromatic heterocycles. The summed E-state index contributed by atoms with van der Waals surface area (Å²) >= 11 is 0. The molecule has 0 aromatic carbocycles. The number of nitrogens with two attached hydrogens (primary N) is 1. The lowest BCUT2D eigenvalue weighted by Crippen LogP contribution is -2.59. The number of piperidine rings is 1. The Morgan fingerprint density at radius 2 is 1.87 bits per heavy atom. The molecule has 1 unspecified atom stereocenters. The molecule has 5 rings (SSSR count). The van der Waals surface area contributed by atoms with Gasteiger partial charge in [0.1, 0.15) is 17.1 Å². The van der Waals surface area contributed by atoms with Crippen LogP contribution in [0.2, 0.25) is 0 Å². The maximum Gasteiger partial charge on any atom is 0.280 e. The summed E-state index contributed by atoms with van der Waals surface area (Å²) in [5.41, 5.74) is 9.01. The van der Waals surface area contributed by atoms with Gasteiger partial charge in [-0.05, 0) is 37.8 Å². The standard InChI is InChI=1S/C31H47F2N7O3.2C2H6/c1-5-7-24-25(40-17-22(18-40)38-12-13-39(20-38)27(41)6-2)14-26(36-28(24)30(32)33)37-10-8-31(9-11-37)29(21(3)15-34)35-16-23(43-31)19-42-4;2*1-2/h6,14,22-23,30,35H,2,5,7-13,15-20,34H2,1,3-4H3;2*1-2H3/b29-21-;;. The molecule has 266 valence electrons. The number of rotatable bonds is 10. The lowest BCUT2D eigenvalue weighted by molar-refractivity contribution is -0.125. The van der Waals surface area contributed by atoms with Gasteiger partial charge < -0.3 is 35.2 Å². The van der Waals surface area contributed by atoms with Crippen molar-refractivity contribution in [2.45, 2.75) is 91.4 Å². The van der Waals surface area contributed by atoms with Crippen LogP contribution in [0.5, 0.6) is 0 Å². The van der Waals surface area contributed by atoms with Gasteiger partial charge in [-0.2, -0.15) is 0 Å². The van der Waals surface area contributed by atoms with Crippen molar-refractivity contribution in [2.24, 2.45) is 5.73 Å². The summed E-state index contributed by atoms with van der Waals surface area (Å²) in [4.78, 5) is 25.0. The first kappa shape index (κ1) is 38.6. The summed E-state index contributed by atoms with van der Waals surface area (Å²) in [6.45, 7) is 22.0. The maximum absolute atomic E-state index is 14.5. The molecule has 10 nitrogen and oxygen atoms in total. The quantitative estimate of drug-likeness (QED) is 0.345. The molecule has 4 aliphatic heterocycles. The number of morpholine rings is 1. The second-order valence-corrected chi connectivity index (χ2v) is 12.1. The van der Waals surface area contributed by atoms with E-state index in [1.54, 1.807) is 12.0 Å². The van der Waals surface area contributed by atoms with Gasteiger partial charge in [0.2, 0.25) is 5.91 Å². The third kappa shape index (κ3) is 8.63. The Kier molecular flexibility index (Phi) is 14.9. The van der Waals surface area contributed by atoms with E-state index in [9.17, 15) is 13.6 Å². The van der Waals surface area contributed by atoms with Gasteiger partial charge in [-0.1, -0.05) is 47.6 Å². The molecule has 47 heavy (non-hydrogen) atoms. The van der Waals surface area contributed by atoms with Crippen LogP contribution in [-0.4, -0.2) is 111 Å². The number of anilines is 2. The normalized spacial score (nSPS) is 22.2. The summed E-state index contributed by atoms with van der Waals surface area (Å²) in [5.74, 6) is 0.530. The van der Waals surface area contributed by atoms with E-state index < -0.39 is 12.0 Å². The predicted molar refractivity (Wildman–Crippen MR) is 186 cm³/mol. The van der Waals surface area contributed by atoms with E-state index in [0.29, 0.717) is 76.6 Å². The molecule has 0 radical (unpaired) electrons. The molecule has 4 aliphatic rings. The van der Waals surface area contributed by atoms with Gasteiger partial charge in [-0.25, -0.2) is 13.8 Å². The Labute approximate surface area is 281 Å². The zero-order chi connectivity index (χ0) is 34.7. The Morgan fingerprint density at radius 1 is 1.19 bits per heavy atom. The minimum Gasteiger partial charge on any atom is -0.383 e. The van der Waals surface area contributed by atoms with Crippen LogP contribution in [0.25, 0.3) is 0 Å². The van der Waals surface area contributed by atoms with Crippen LogP contribution >= 0.6 is 0 Å². The highest BCUT2D eigenvalue weighted by Gasteiger charge is 2.45. The average Bonchev–Trinajstić information content (AvgIpc) is 3.56. The van der Waals surface area contributed by atoms with Gasteiger partial charge in [-0.3, -0.25) is 9.69 Å². The molecule has 3 N–H and O–H groups in total. The van der Waals surface area contributed by atoms with Gasteiger partial charge in [0.05, 0.1) is 19.4 Å². The van der Waals surface area contributed by atoms with Crippen molar-refractivity contribution < 1.29 is 23.0 Å². The fourth-order valence-electron chi connectivity index (χ4n) is 6.98. The topological polar surface area (TPSA) is 99.4 Å². The van der Waals surface area contributed by atoms with E-state index in [1.165, 1.54) is 6.08 Å². The average molecular weight is 664 g/mol. The smallest absolute Gasteiger partial charge is 0.280 e. The number of hydrogen-bond donors (Lipinski definition) is 2. The number of nitrogens with one attached hydrogen (secondary N) is 1. The number of halogens is 2. The van der Waals surface area contributed by atoms with Crippen LogP contribution < -0.4 is 20.9 Å². The Balaban J connectivity index is 0.00000144. The zero-order valence-electron chi connectivity index (χ0n) is 29.8. The van der Waals surface area contributed by atoms with Gasteiger partial charge in [0.15, 0.2) is 0 Å². The van der Waals surface area contributed by atoms with Crippen molar-refractivity contribution in [3.63, 3.8) is 0 Å². The molecular formula is C35H59F2N7O3. The highest BCUT2D eigenvalue weighted by Crippen LogP contribution is 2.41. The predicted octanol–water partition coefficient (Wildman–Crippen LogP) is 4.71. The summed E-state index contributed by atoms with van der Waals surface area (Å²) < 4.78 is 41.1. The number of carbonyl (C=O) groups excluding carboxylic acids is 1. The van der Waals surface area contributed by atoms with Crippen molar-refractivity contribution in [1.82, 2.24) is 20.1 Å². The number of aromatic nitrogens is 1. The summed E-state index contributed by atoms with van der Waals surface area (Å²) in [7, 11) is 1.67. The molecule has 12 heteroatoms. The molecule has 4 saturated heterocycles. The molecule has 4 fully saturated rings. The molecular weight excluding hydrogens is 604 g/mol. The fraction of sp³-hybridized carbons (Fsp3) is 0.714. The minimum atomic E-state index is -2.66. The first-order chi connectivity index (χ1) is 22.7. The van der Waals surface area contributed by atoms with Crippen LogP contribution in [0.1, 0.15) is 78.5 Å². The molecule has 1 spiro atoms. The number of carbonyl (C=O) groups is 1. The van der Waals surface area contributed by atoms with Crippen molar-refractivity contribution in [2.75, 3.05) is 82.5 Å². The fourth-order valence-corrected chi connectivity index (χ4v) is 6.98. The first-order valence-electron chi connectivity index (χ1n) is 17.5. The van der Waals surface area contributed by atoms with Crippen molar-refractivity contribution in [3.05, 3.63) is 41.2 Å². The Bertz CT molecular complexity index is 1200. The summed E-state index contributed by atoms with van der Waals surface area (Å²) in [6, 6.07) is 2.28. The third-order valence-corrected chi connectivity index (χ3v) is 9.38. The highest BCUT2D eigenvalue weighted by atomic mass is 19.3. The SMILES string of the molecule is C=CC(=O)N1CCN(C2CN(c3cc(N4CCC5(CC4)OC(COC)CN/C5=C(/C)CN)nc(C(F)F)c3CCC)C2)C1.CC.CC. The van der Waals surface area contributed by atoms with E-state index in [2.05, 4.69) is 31.6 Å². The molecule has 5 heterocycles. The van der Waals surface area contributed by atoms with Gasteiger partial charge in [0.25, 0.3) is 6.43 Å². The van der Waals surface area contributed by atoms with Crippen molar-refractivity contribution in [1.29, 1.82) is 0 Å². The number of methoxy groups -OCH3 is 1. The lowest BCUT2D eigenvalue weighted by atomic mass is 9.83. The van der Waals surface area contributed by atoms with Crippen LogP contribution in [0.3, 0.4) is 0 Å². The van der Waals surface area contributed by atoms with Crippen LogP contribution in [0.4, 0.5) is 20.3 Å². The second-order valence-electron chi connectivity index (χ2n) is 12.1.